The molecule has 1 aliphatic heterocycles. The molecule has 3 aromatic rings. The van der Waals surface area contributed by atoms with E-state index in [1.165, 1.54) is 0 Å². The summed E-state index contributed by atoms with van der Waals surface area (Å²) in [5.41, 5.74) is 2.56. The first-order chi connectivity index (χ1) is 15.0. The van der Waals surface area contributed by atoms with Crippen molar-refractivity contribution >= 4 is 40.2 Å². The maximum absolute atomic E-state index is 12.7. The van der Waals surface area contributed by atoms with Crippen molar-refractivity contribution in [3.63, 3.8) is 0 Å². The van der Waals surface area contributed by atoms with Crippen molar-refractivity contribution in [2.75, 3.05) is 29.9 Å². The van der Waals surface area contributed by atoms with Crippen LogP contribution in [0.25, 0.3) is 10.9 Å². The summed E-state index contributed by atoms with van der Waals surface area (Å²) in [5.74, 6) is 2.28. The van der Waals surface area contributed by atoms with E-state index in [0.717, 1.165) is 30.2 Å². The molecule has 1 aromatic heterocycles. The van der Waals surface area contributed by atoms with Crippen molar-refractivity contribution in [1.29, 1.82) is 0 Å². The number of hydrogen-bond acceptors (Lipinski definition) is 5. The van der Waals surface area contributed by atoms with Crippen LogP contribution in [-0.2, 0) is 11.2 Å². The number of aromatic amines is 1. The molecule has 2 amide bonds. The van der Waals surface area contributed by atoms with Crippen LogP contribution in [0.15, 0.2) is 47.3 Å². The average molecular weight is 437 g/mol. The molecule has 7 nitrogen and oxygen atoms in total. The van der Waals surface area contributed by atoms with Gasteiger partial charge in [0.15, 0.2) is 0 Å². The molecular formula is C23H24N4O3S. The van der Waals surface area contributed by atoms with Gasteiger partial charge in [0.2, 0.25) is 5.91 Å². The number of anilines is 1. The van der Waals surface area contributed by atoms with Crippen LogP contribution in [0.1, 0.15) is 28.2 Å². The van der Waals surface area contributed by atoms with Gasteiger partial charge in [0, 0.05) is 48.7 Å². The third-order valence-electron chi connectivity index (χ3n) is 5.30. The van der Waals surface area contributed by atoms with E-state index in [4.69, 9.17) is 0 Å². The quantitative estimate of drug-likeness (QED) is 0.641. The number of amides is 2. The number of H-pyrrole nitrogens is 1. The molecule has 2 heterocycles. The topological polar surface area (TPSA) is 95.2 Å². The molecule has 1 saturated heterocycles. The second-order valence-electron chi connectivity index (χ2n) is 7.51. The van der Waals surface area contributed by atoms with Crippen LogP contribution < -0.4 is 10.9 Å². The van der Waals surface area contributed by atoms with Gasteiger partial charge in [-0.25, -0.2) is 4.98 Å². The zero-order valence-corrected chi connectivity index (χ0v) is 18.1. The smallest absolute Gasteiger partial charge is 0.258 e. The van der Waals surface area contributed by atoms with E-state index < -0.39 is 0 Å². The van der Waals surface area contributed by atoms with Crippen molar-refractivity contribution in [3.05, 3.63) is 69.8 Å². The van der Waals surface area contributed by atoms with Gasteiger partial charge >= 0.3 is 0 Å². The number of fused-ring (bicyclic) bond motifs is 1. The van der Waals surface area contributed by atoms with E-state index >= 15 is 0 Å². The van der Waals surface area contributed by atoms with E-state index in [2.05, 4.69) is 15.3 Å². The predicted octanol–water partition coefficient (Wildman–Crippen LogP) is 2.99. The Kier molecular flexibility index (Phi) is 6.36. The fourth-order valence-corrected chi connectivity index (χ4v) is 4.49. The van der Waals surface area contributed by atoms with E-state index in [0.29, 0.717) is 34.4 Å². The Labute approximate surface area is 184 Å². The van der Waals surface area contributed by atoms with Gasteiger partial charge in [-0.15, -0.1) is 0 Å². The summed E-state index contributed by atoms with van der Waals surface area (Å²) in [5, 5.41) is 3.42. The molecule has 8 heteroatoms. The Bertz CT molecular complexity index is 1180. The molecule has 160 valence electrons. The van der Waals surface area contributed by atoms with Crippen LogP contribution in [0.3, 0.4) is 0 Å². The SMILES string of the molecule is Cc1cc(C(=O)N2CCSCC2)ccc1NC(=O)CCc1nc2ccccc2c(=O)[nH]1. The standard InChI is InChI=1S/C23H24N4O3S/c1-15-14-16(23(30)27-10-12-31-13-11-27)6-7-18(15)25-21(28)9-8-20-24-19-5-3-2-4-17(19)22(29)26-20/h2-7,14H,8-13H2,1H3,(H,25,28)(H,24,26,29). The first kappa shape index (κ1) is 21.1. The van der Waals surface area contributed by atoms with E-state index in [1.54, 1.807) is 30.3 Å². The Hall–Kier alpha value is -3.13. The number of aromatic nitrogens is 2. The zero-order chi connectivity index (χ0) is 21.8. The Balaban J connectivity index is 1.38. The summed E-state index contributed by atoms with van der Waals surface area (Å²) in [7, 11) is 0. The fourth-order valence-electron chi connectivity index (χ4n) is 3.58. The monoisotopic (exact) mass is 436 g/mol. The van der Waals surface area contributed by atoms with Crippen molar-refractivity contribution < 1.29 is 9.59 Å². The third-order valence-corrected chi connectivity index (χ3v) is 6.24. The van der Waals surface area contributed by atoms with E-state index in [9.17, 15) is 14.4 Å². The highest BCUT2D eigenvalue weighted by molar-refractivity contribution is 7.99. The third kappa shape index (κ3) is 4.96. The highest BCUT2D eigenvalue weighted by Gasteiger charge is 2.19. The Morgan fingerprint density at radius 2 is 1.94 bits per heavy atom. The minimum absolute atomic E-state index is 0.0348. The molecular weight excluding hydrogens is 412 g/mol. The number of carbonyl (C=O) groups is 2. The molecule has 2 aromatic carbocycles. The summed E-state index contributed by atoms with van der Waals surface area (Å²) in [4.78, 5) is 46.3. The molecule has 1 aliphatic rings. The maximum atomic E-state index is 12.7. The first-order valence-electron chi connectivity index (χ1n) is 10.3. The normalized spacial score (nSPS) is 13.9. The average Bonchev–Trinajstić information content (AvgIpc) is 2.79. The number of carbonyl (C=O) groups excluding carboxylic acids is 2. The van der Waals surface area contributed by atoms with Crippen LogP contribution >= 0.6 is 11.8 Å². The van der Waals surface area contributed by atoms with Crippen molar-refractivity contribution in [1.82, 2.24) is 14.9 Å². The highest BCUT2D eigenvalue weighted by atomic mass is 32.2. The lowest BCUT2D eigenvalue weighted by atomic mass is 10.1. The first-order valence-corrected chi connectivity index (χ1v) is 11.4. The number of nitrogens with zero attached hydrogens (tertiary/aromatic N) is 2. The van der Waals surface area contributed by atoms with Crippen molar-refractivity contribution in [2.24, 2.45) is 0 Å². The van der Waals surface area contributed by atoms with Gasteiger partial charge < -0.3 is 15.2 Å². The summed E-state index contributed by atoms with van der Waals surface area (Å²) >= 11 is 1.86. The van der Waals surface area contributed by atoms with Gasteiger partial charge in [0.25, 0.3) is 11.5 Å². The molecule has 0 saturated carbocycles. The maximum Gasteiger partial charge on any atom is 0.258 e. The number of benzene rings is 2. The highest BCUT2D eigenvalue weighted by Crippen LogP contribution is 2.20. The number of para-hydroxylation sites is 1. The lowest BCUT2D eigenvalue weighted by Gasteiger charge is -2.26. The summed E-state index contributed by atoms with van der Waals surface area (Å²) < 4.78 is 0. The molecule has 0 spiro atoms. The van der Waals surface area contributed by atoms with Gasteiger partial charge in [-0.1, -0.05) is 12.1 Å². The largest absolute Gasteiger partial charge is 0.337 e. The molecule has 0 atom stereocenters. The Morgan fingerprint density at radius 3 is 2.71 bits per heavy atom. The predicted molar refractivity (Wildman–Crippen MR) is 124 cm³/mol. The lowest BCUT2D eigenvalue weighted by molar-refractivity contribution is -0.116. The molecule has 2 N–H and O–H groups in total. The number of nitrogens with one attached hydrogen (secondary N) is 2. The molecule has 0 unspecified atom stereocenters. The van der Waals surface area contributed by atoms with Gasteiger partial charge in [0.05, 0.1) is 10.9 Å². The van der Waals surface area contributed by atoms with Gasteiger partial charge in [0.1, 0.15) is 5.82 Å². The molecule has 0 aliphatic carbocycles. The van der Waals surface area contributed by atoms with Gasteiger partial charge in [-0.05, 0) is 42.8 Å². The van der Waals surface area contributed by atoms with Crippen LogP contribution in [0, 0.1) is 6.92 Å². The number of thioether (sulfide) groups is 1. The van der Waals surface area contributed by atoms with Crippen LogP contribution in [0.4, 0.5) is 5.69 Å². The van der Waals surface area contributed by atoms with Gasteiger partial charge in [-0.3, -0.25) is 14.4 Å². The van der Waals surface area contributed by atoms with Crippen molar-refractivity contribution in [3.8, 4) is 0 Å². The van der Waals surface area contributed by atoms with E-state index in [1.807, 2.05) is 35.7 Å². The lowest BCUT2D eigenvalue weighted by Crippen LogP contribution is -2.37. The van der Waals surface area contributed by atoms with Gasteiger partial charge in [-0.2, -0.15) is 11.8 Å². The van der Waals surface area contributed by atoms with Crippen molar-refractivity contribution in [2.45, 2.75) is 19.8 Å². The molecule has 1 fully saturated rings. The summed E-state index contributed by atoms with van der Waals surface area (Å²) in [6.45, 7) is 3.42. The summed E-state index contributed by atoms with van der Waals surface area (Å²) in [6.07, 6.45) is 0.515. The molecule has 0 bridgehead atoms. The minimum Gasteiger partial charge on any atom is -0.337 e. The van der Waals surface area contributed by atoms with Crippen LogP contribution in [0.5, 0.6) is 0 Å². The second-order valence-corrected chi connectivity index (χ2v) is 8.74. The zero-order valence-electron chi connectivity index (χ0n) is 17.3. The number of aryl methyl sites for hydroxylation is 2. The second kappa shape index (κ2) is 9.34. The number of rotatable bonds is 5. The fraction of sp³-hybridized carbons (Fsp3) is 0.304. The molecule has 0 radical (unpaired) electrons. The summed E-state index contributed by atoms with van der Waals surface area (Å²) in [6, 6.07) is 12.5. The van der Waals surface area contributed by atoms with Crippen LogP contribution in [-0.4, -0.2) is 51.3 Å². The van der Waals surface area contributed by atoms with Crippen LogP contribution in [0.2, 0.25) is 0 Å². The minimum atomic E-state index is -0.204. The Morgan fingerprint density at radius 1 is 1.16 bits per heavy atom. The molecule has 31 heavy (non-hydrogen) atoms. The molecule has 4 rings (SSSR count). The number of hydrogen-bond donors (Lipinski definition) is 2. The van der Waals surface area contributed by atoms with E-state index in [-0.39, 0.29) is 23.8 Å².